The minimum absolute atomic E-state index is 0.228. The molecule has 2 aliphatic rings. The molecule has 0 unspecified atom stereocenters. The van der Waals surface area contributed by atoms with Crippen molar-refractivity contribution in [3.8, 4) is 5.75 Å². The van der Waals surface area contributed by atoms with Crippen LogP contribution in [-0.2, 0) is 23.0 Å². The number of nitrogens with zero attached hydrogens (tertiary/aromatic N) is 2. The maximum absolute atomic E-state index is 13.2. The average molecular weight is 415 g/mol. The summed E-state index contributed by atoms with van der Waals surface area (Å²) in [5.74, 6) is 1.06. The summed E-state index contributed by atoms with van der Waals surface area (Å²) in [6.45, 7) is 3.93. The molecule has 2 aromatic carbocycles. The SMILES string of the molecule is COc1cccc(CCN2C[C@@H]3CCN(Cc4ccccc4)CC[C@@H]3S2(=O)=O)c1. The first-order chi connectivity index (χ1) is 14.1. The lowest BCUT2D eigenvalue weighted by Crippen LogP contribution is -2.33. The molecule has 0 saturated carbocycles. The van der Waals surface area contributed by atoms with Crippen LogP contribution >= 0.6 is 0 Å². The van der Waals surface area contributed by atoms with Crippen LogP contribution < -0.4 is 4.74 Å². The van der Waals surface area contributed by atoms with E-state index in [4.69, 9.17) is 4.74 Å². The molecule has 0 N–H and O–H groups in total. The van der Waals surface area contributed by atoms with Crippen molar-refractivity contribution in [2.75, 3.05) is 33.3 Å². The molecule has 6 heteroatoms. The Morgan fingerprint density at radius 3 is 2.55 bits per heavy atom. The molecule has 0 amide bonds. The molecule has 2 aliphatic heterocycles. The van der Waals surface area contributed by atoms with Crippen molar-refractivity contribution in [2.45, 2.75) is 31.1 Å². The van der Waals surface area contributed by atoms with Crippen molar-refractivity contribution in [3.05, 3.63) is 65.7 Å². The van der Waals surface area contributed by atoms with E-state index in [2.05, 4.69) is 29.2 Å². The first-order valence-electron chi connectivity index (χ1n) is 10.4. The summed E-state index contributed by atoms with van der Waals surface area (Å²) in [5.41, 5.74) is 2.41. The minimum Gasteiger partial charge on any atom is -0.497 e. The zero-order chi connectivity index (χ0) is 20.3. The van der Waals surface area contributed by atoms with E-state index in [0.29, 0.717) is 13.1 Å². The Morgan fingerprint density at radius 1 is 1.00 bits per heavy atom. The topological polar surface area (TPSA) is 49.9 Å². The molecule has 2 atom stereocenters. The molecule has 0 bridgehead atoms. The zero-order valence-electron chi connectivity index (χ0n) is 17.0. The molecule has 4 rings (SSSR count). The fourth-order valence-corrected chi connectivity index (χ4v) is 6.89. The van der Waals surface area contributed by atoms with Crippen LogP contribution in [0.5, 0.6) is 5.75 Å². The Kier molecular flexibility index (Phi) is 6.23. The van der Waals surface area contributed by atoms with Crippen LogP contribution in [0.3, 0.4) is 0 Å². The Labute approximate surface area is 174 Å². The number of fused-ring (bicyclic) bond motifs is 1. The molecule has 2 heterocycles. The van der Waals surface area contributed by atoms with Crippen molar-refractivity contribution in [3.63, 3.8) is 0 Å². The van der Waals surface area contributed by atoms with E-state index < -0.39 is 10.0 Å². The van der Waals surface area contributed by atoms with Crippen LogP contribution in [0.4, 0.5) is 0 Å². The predicted octanol–water partition coefficient (Wildman–Crippen LogP) is 3.16. The third-order valence-electron chi connectivity index (χ3n) is 6.29. The van der Waals surface area contributed by atoms with Crippen LogP contribution in [0.1, 0.15) is 24.0 Å². The molecule has 0 radical (unpaired) electrons. The molecule has 2 fully saturated rings. The lowest BCUT2D eigenvalue weighted by Gasteiger charge is -2.22. The molecule has 0 aromatic heterocycles. The quantitative estimate of drug-likeness (QED) is 0.729. The number of hydrogen-bond donors (Lipinski definition) is 0. The van der Waals surface area contributed by atoms with Crippen molar-refractivity contribution in [2.24, 2.45) is 5.92 Å². The molecule has 0 spiro atoms. The van der Waals surface area contributed by atoms with Gasteiger partial charge in [-0.25, -0.2) is 12.7 Å². The van der Waals surface area contributed by atoms with E-state index >= 15 is 0 Å². The summed E-state index contributed by atoms with van der Waals surface area (Å²) in [5, 5.41) is -0.228. The maximum Gasteiger partial charge on any atom is 0.217 e. The van der Waals surface area contributed by atoms with Crippen LogP contribution in [0.25, 0.3) is 0 Å². The van der Waals surface area contributed by atoms with Crippen molar-refractivity contribution in [1.29, 1.82) is 0 Å². The van der Waals surface area contributed by atoms with Crippen molar-refractivity contribution < 1.29 is 13.2 Å². The number of sulfonamides is 1. The van der Waals surface area contributed by atoms with Crippen molar-refractivity contribution in [1.82, 2.24) is 9.21 Å². The second kappa shape index (κ2) is 8.86. The van der Waals surface area contributed by atoms with Crippen molar-refractivity contribution >= 4 is 10.0 Å². The lowest BCUT2D eigenvalue weighted by atomic mass is 10.0. The van der Waals surface area contributed by atoms with Gasteiger partial charge in [0.15, 0.2) is 0 Å². The first kappa shape index (κ1) is 20.4. The van der Waals surface area contributed by atoms with Gasteiger partial charge in [-0.15, -0.1) is 0 Å². The van der Waals surface area contributed by atoms with E-state index in [1.54, 1.807) is 11.4 Å². The second-order valence-corrected chi connectivity index (χ2v) is 10.3. The van der Waals surface area contributed by atoms with Gasteiger partial charge in [-0.05, 0) is 61.5 Å². The summed E-state index contributed by atoms with van der Waals surface area (Å²) in [4.78, 5) is 2.41. The van der Waals surface area contributed by atoms with E-state index in [1.165, 1.54) is 5.56 Å². The summed E-state index contributed by atoms with van der Waals surface area (Å²) in [7, 11) is -1.57. The van der Waals surface area contributed by atoms with E-state index in [1.807, 2.05) is 30.3 Å². The van der Waals surface area contributed by atoms with E-state index in [0.717, 1.165) is 50.2 Å². The normalized spacial score (nSPS) is 24.7. The van der Waals surface area contributed by atoms with Crippen LogP contribution in [0.15, 0.2) is 54.6 Å². The Morgan fingerprint density at radius 2 is 1.76 bits per heavy atom. The zero-order valence-corrected chi connectivity index (χ0v) is 17.9. The molecule has 2 aromatic rings. The highest BCUT2D eigenvalue weighted by Crippen LogP contribution is 2.34. The highest BCUT2D eigenvalue weighted by molar-refractivity contribution is 7.90. The van der Waals surface area contributed by atoms with Gasteiger partial charge in [-0.2, -0.15) is 0 Å². The summed E-state index contributed by atoms with van der Waals surface area (Å²) >= 11 is 0. The molecular weight excluding hydrogens is 384 g/mol. The van der Waals surface area contributed by atoms with E-state index in [9.17, 15) is 8.42 Å². The van der Waals surface area contributed by atoms with Crippen LogP contribution in [0, 0.1) is 5.92 Å². The van der Waals surface area contributed by atoms with Crippen LogP contribution in [0.2, 0.25) is 0 Å². The highest BCUT2D eigenvalue weighted by Gasteiger charge is 2.46. The fraction of sp³-hybridized carbons (Fsp3) is 0.478. The number of benzene rings is 2. The summed E-state index contributed by atoms with van der Waals surface area (Å²) < 4.78 is 33.3. The smallest absolute Gasteiger partial charge is 0.217 e. The first-order valence-corrected chi connectivity index (χ1v) is 11.9. The number of likely N-dealkylation sites (tertiary alicyclic amines) is 1. The fourth-order valence-electron chi connectivity index (χ4n) is 4.65. The van der Waals surface area contributed by atoms with Gasteiger partial charge >= 0.3 is 0 Å². The molecule has 29 heavy (non-hydrogen) atoms. The molecule has 2 saturated heterocycles. The monoisotopic (exact) mass is 414 g/mol. The van der Waals surface area contributed by atoms with Gasteiger partial charge in [0, 0.05) is 19.6 Å². The largest absolute Gasteiger partial charge is 0.497 e. The van der Waals surface area contributed by atoms with Gasteiger partial charge < -0.3 is 4.74 Å². The van der Waals surface area contributed by atoms with Gasteiger partial charge in [0.2, 0.25) is 10.0 Å². The molecule has 156 valence electrons. The lowest BCUT2D eigenvalue weighted by molar-refractivity contribution is 0.267. The maximum atomic E-state index is 13.2. The molecule has 0 aliphatic carbocycles. The highest BCUT2D eigenvalue weighted by atomic mass is 32.2. The van der Waals surface area contributed by atoms with E-state index in [-0.39, 0.29) is 11.2 Å². The predicted molar refractivity (Wildman–Crippen MR) is 115 cm³/mol. The molecule has 5 nitrogen and oxygen atoms in total. The summed E-state index contributed by atoms with van der Waals surface area (Å²) in [6.07, 6.45) is 2.40. The van der Waals surface area contributed by atoms with Gasteiger partial charge in [0.1, 0.15) is 5.75 Å². The summed E-state index contributed by atoms with van der Waals surface area (Å²) in [6, 6.07) is 18.3. The van der Waals surface area contributed by atoms with Gasteiger partial charge in [0.05, 0.1) is 12.4 Å². The number of hydrogen-bond acceptors (Lipinski definition) is 4. The van der Waals surface area contributed by atoms with Gasteiger partial charge in [0.25, 0.3) is 0 Å². The second-order valence-electron chi connectivity index (χ2n) is 8.14. The standard InChI is InChI=1S/C23H30N2O3S/c1-28-22-9-5-8-19(16-22)10-15-25-18-21-11-13-24(14-12-23(21)29(25,26)27)17-20-6-3-2-4-7-20/h2-9,16,21,23H,10-15,17-18H2,1H3/t21-,23-/m0/s1. The third kappa shape index (κ3) is 4.65. The van der Waals surface area contributed by atoms with Crippen LogP contribution in [-0.4, -0.2) is 56.2 Å². The Balaban J connectivity index is 1.37. The number of ether oxygens (including phenoxy) is 1. The Bertz CT molecular complexity index is 917. The van der Waals surface area contributed by atoms with Gasteiger partial charge in [-0.3, -0.25) is 4.90 Å². The van der Waals surface area contributed by atoms with Gasteiger partial charge in [-0.1, -0.05) is 42.5 Å². The average Bonchev–Trinajstić information content (AvgIpc) is 2.85. The Hall–Kier alpha value is -1.89. The number of methoxy groups -OCH3 is 1. The molecular formula is C23H30N2O3S. The third-order valence-corrected chi connectivity index (χ3v) is 8.72. The number of rotatable bonds is 6. The minimum atomic E-state index is -3.22.